The van der Waals surface area contributed by atoms with Gasteiger partial charge in [0, 0.05) is 38.5 Å². The molecule has 3 N–H and O–H groups in total. The number of aliphatic hydroxyl groups is 1. The van der Waals surface area contributed by atoms with Gasteiger partial charge in [0.1, 0.15) is 11.6 Å². The van der Waals surface area contributed by atoms with Crippen LogP contribution in [0.2, 0.25) is 0 Å². The highest BCUT2D eigenvalue weighted by molar-refractivity contribution is 14.0. The normalized spacial score (nSPS) is 23.1. The Bertz CT molecular complexity index is 583. The number of hydrogen-bond acceptors (Lipinski definition) is 4. The smallest absolute Gasteiger partial charge is 0.191 e. The highest BCUT2D eigenvalue weighted by Crippen LogP contribution is 2.18. The Hall–Kier alpha value is -0.900. The number of aromatic nitrogens is 3. The molecule has 0 atom stereocenters. The summed E-state index contributed by atoms with van der Waals surface area (Å²) in [6.07, 6.45) is 10.4. The maximum Gasteiger partial charge on any atom is 0.191 e. The maximum atomic E-state index is 9.64. The first-order valence-electron chi connectivity index (χ1n) is 10.4. The summed E-state index contributed by atoms with van der Waals surface area (Å²) in [5.41, 5.74) is 0. The third kappa shape index (κ3) is 6.89. The van der Waals surface area contributed by atoms with E-state index in [0.717, 1.165) is 82.2 Å². The minimum absolute atomic E-state index is 0. The summed E-state index contributed by atoms with van der Waals surface area (Å²) >= 11 is 0. The van der Waals surface area contributed by atoms with Crippen molar-refractivity contribution < 1.29 is 5.11 Å². The Kier molecular flexibility index (Phi) is 9.81. The quantitative estimate of drug-likeness (QED) is 0.247. The molecule has 3 rings (SSSR count). The molecule has 1 fully saturated rings. The molecule has 154 valence electrons. The first-order valence-corrected chi connectivity index (χ1v) is 10.4. The Morgan fingerprint density at radius 3 is 2.78 bits per heavy atom. The van der Waals surface area contributed by atoms with Crippen LogP contribution in [-0.4, -0.2) is 51.1 Å². The van der Waals surface area contributed by atoms with Crippen molar-refractivity contribution in [2.24, 2.45) is 4.99 Å². The van der Waals surface area contributed by atoms with E-state index in [2.05, 4.69) is 32.3 Å². The van der Waals surface area contributed by atoms with Crippen molar-refractivity contribution in [2.75, 3.05) is 13.1 Å². The van der Waals surface area contributed by atoms with Crippen LogP contribution in [0, 0.1) is 0 Å². The van der Waals surface area contributed by atoms with E-state index in [9.17, 15) is 5.11 Å². The molecule has 2 heterocycles. The van der Waals surface area contributed by atoms with Crippen LogP contribution in [0.4, 0.5) is 0 Å². The van der Waals surface area contributed by atoms with Crippen LogP contribution >= 0.6 is 24.0 Å². The molecule has 1 aromatic heterocycles. The van der Waals surface area contributed by atoms with Gasteiger partial charge in [0.2, 0.25) is 0 Å². The third-order valence-corrected chi connectivity index (χ3v) is 5.40. The standard InChI is InChI=1S/C19H34N6O.HI/c1-2-20-19(22-15-9-11-16(26)12-10-15)21-13-6-8-18-24-23-17-7-4-3-5-14-25(17)18;/h15-16,26H,2-14H2,1H3,(H2,20,21,22);1H. The van der Waals surface area contributed by atoms with E-state index in [0.29, 0.717) is 6.04 Å². The number of aliphatic imine (C=N–C) groups is 1. The first kappa shape index (κ1) is 22.4. The highest BCUT2D eigenvalue weighted by atomic mass is 127. The van der Waals surface area contributed by atoms with E-state index in [1.807, 2.05) is 0 Å². The first-order chi connectivity index (χ1) is 12.8. The number of fused-ring (bicyclic) bond motifs is 1. The molecule has 1 aromatic rings. The predicted molar refractivity (Wildman–Crippen MR) is 119 cm³/mol. The molecule has 0 bridgehead atoms. The van der Waals surface area contributed by atoms with Crippen molar-refractivity contribution in [3.05, 3.63) is 11.6 Å². The summed E-state index contributed by atoms with van der Waals surface area (Å²) < 4.78 is 2.33. The Balaban J connectivity index is 0.00000261. The van der Waals surface area contributed by atoms with Gasteiger partial charge in [0.05, 0.1) is 6.10 Å². The van der Waals surface area contributed by atoms with Crippen LogP contribution in [0.15, 0.2) is 4.99 Å². The van der Waals surface area contributed by atoms with Crippen LogP contribution in [-0.2, 0) is 19.4 Å². The molecule has 1 aliphatic heterocycles. The molecule has 0 radical (unpaired) electrons. The van der Waals surface area contributed by atoms with Gasteiger partial charge < -0.3 is 20.3 Å². The van der Waals surface area contributed by atoms with Crippen molar-refractivity contribution >= 4 is 29.9 Å². The minimum Gasteiger partial charge on any atom is -0.393 e. The van der Waals surface area contributed by atoms with E-state index in [4.69, 9.17) is 4.99 Å². The predicted octanol–water partition coefficient (Wildman–Crippen LogP) is 2.41. The zero-order valence-corrected chi connectivity index (χ0v) is 18.8. The number of guanidine groups is 1. The van der Waals surface area contributed by atoms with Gasteiger partial charge in [-0.15, -0.1) is 34.2 Å². The van der Waals surface area contributed by atoms with E-state index in [1.54, 1.807) is 0 Å². The Morgan fingerprint density at radius 1 is 1.19 bits per heavy atom. The average molecular weight is 490 g/mol. The molecule has 0 aromatic carbocycles. The van der Waals surface area contributed by atoms with Crippen molar-refractivity contribution in [3.63, 3.8) is 0 Å². The van der Waals surface area contributed by atoms with E-state index >= 15 is 0 Å². The molecule has 0 saturated heterocycles. The number of rotatable bonds is 6. The molecule has 27 heavy (non-hydrogen) atoms. The van der Waals surface area contributed by atoms with Gasteiger partial charge in [-0.25, -0.2) is 0 Å². The van der Waals surface area contributed by atoms with Crippen molar-refractivity contribution in [2.45, 2.75) is 89.8 Å². The summed E-state index contributed by atoms with van der Waals surface area (Å²) in [6.45, 7) is 4.80. The van der Waals surface area contributed by atoms with Gasteiger partial charge in [-0.05, 0) is 51.9 Å². The lowest BCUT2D eigenvalue weighted by Crippen LogP contribution is -2.45. The third-order valence-electron chi connectivity index (χ3n) is 5.40. The summed E-state index contributed by atoms with van der Waals surface area (Å²) in [4.78, 5) is 4.73. The number of halogens is 1. The number of nitrogens with zero attached hydrogens (tertiary/aromatic N) is 4. The van der Waals surface area contributed by atoms with Gasteiger partial charge in [-0.2, -0.15) is 0 Å². The second kappa shape index (κ2) is 11.8. The van der Waals surface area contributed by atoms with Gasteiger partial charge in [0.15, 0.2) is 5.96 Å². The zero-order chi connectivity index (χ0) is 18.2. The second-order valence-corrected chi connectivity index (χ2v) is 7.51. The van der Waals surface area contributed by atoms with E-state index in [-0.39, 0.29) is 30.1 Å². The van der Waals surface area contributed by atoms with Crippen LogP contribution in [0.5, 0.6) is 0 Å². The number of aryl methyl sites for hydroxylation is 2. The van der Waals surface area contributed by atoms with Crippen molar-refractivity contribution in [1.29, 1.82) is 0 Å². The largest absolute Gasteiger partial charge is 0.393 e. The van der Waals surface area contributed by atoms with Gasteiger partial charge in [-0.3, -0.25) is 4.99 Å². The minimum atomic E-state index is -0.120. The van der Waals surface area contributed by atoms with Gasteiger partial charge in [0.25, 0.3) is 0 Å². The molecule has 8 heteroatoms. The van der Waals surface area contributed by atoms with E-state index < -0.39 is 0 Å². The monoisotopic (exact) mass is 490 g/mol. The molecule has 0 amide bonds. The summed E-state index contributed by atoms with van der Waals surface area (Å²) in [5, 5.41) is 25.3. The number of nitrogens with one attached hydrogen (secondary N) is 2. The van der Waals surface area contributed by atoms with Crippen LogP contribution in [0.25, 0.3) is 0 Å². The fraction of sp³-hybridized carbons (Fsp3) is 0.842. The molecule has 1 saturated carbocycles. The van der Waals surface area contributed by atoms with Crippen molar-refractivity contribution in [1.82, 2.24) is 25.4 Å². The fourth-order valence-corrected chi connectivity index (χ4v) is 3.89. The molecule has 2 aliphatic rings. The molecular weight excluding hydrogens is 455 g/mol. The van der Waals surface area contributed by atoms with Crippen LogP contribution in [0.1, 0.15) is 69.9 Å². The average Bonchev–Trinajstić information content (AvgIpc) is 2.87. The lowest BCUT2D eigenvalue weighted by atomic mass is 9.93. The summed E-state index contributed by atoms with van der Waals surface area (Å²) in [6, 6.07) is 0.420. The van der Waals surface area contributed by atoms with Crippen molar-refractivity contribution in [3.8, 4) is 0 Å². The lowest BCUT2D eigenvalue weighted by molar-refractivity contribution is 0.120. The maximum absolute atomic E-state index is 9.64. The second-order valence-electron chi connectivity index (χ2n) is 7.51. The molecule has 7 nitrogen and oxygen atoms in total. The molecular formula is C19H35IN6O. The van der Waals surface area contributed by atoms with E-state index in [1.165, 1.54) is 19.3 Å². The summed E-state index contributed by atoms with van der Waals surface area (Å²) in [7, 11) is 0. The Morgan fingerprint density at radius 2 is 2.00 bits per heavy atom. The number of hydrogen-bond donors (Lipinski definition) is 3. The fourth-order valence-electron chi connectivity index (χ4n) is 3.89. The van der Waals surface area contributed by atoms with Gasteiger partial charge >= 0.3 is 0 Å². The van der Waals surface area contributed by atoms with Crippen LogP contribution in [0.3, 0.4) is 0 Å². The lowest BCUT2D eigenvalue weighted by Gasteiger charge is -2.27. The number of aliphatic hydroxyl groups excluding tert-OH is 1. The topological polar surface area (TPSA) is 87.4 Å². The SMILES string of the molecule is CCNC(=NCCCc1nnc2n1CCCCC2)NC1CCC(O)CC1.I. The Labute approximate surface area is 179 Å². The van der Waals surface area contributed by atoms with Crippen LogP contribution < -0.4 is 10.6 Å². The molecule has 0 unspecified atom stereocenters. The molecule has 0 spiro atoms. The molecule has 1 aliphatic carbocycles. The van der Waals surface area contributed by atoms with Gasteiger partial charge in [-0.1, -0.05) is 6.42 Å². The zero-order valence-electron chi connectivity index (χ0n) is 16.5. The summed E-state index contributed by atoms with van der Waals surface area (Å²) in [5.74, 6) is 3.18. The highest BCUT2D eigenvalue weighted by Gasteiger charge is 2.20.